The van der Waals surface area contributed by atoms with Gasteiger partial charge < -0.3 is 15.4 Å². The Hall–Kier alpha value is -2.49. The van der Waals surface area contributed by atoms with Crippen molar-refractivity contribution in [2.45, 2.75) is 39.0 Å². The zero-order valence-corrected chi connectivity index (χ0v) is 15.0. The molecule has 134 valence electrons. The zero-order chi connectivity index (χ0) is 17.7. The van der Waals surface area contributed by atoms with Crippen LogP contribution in [0.15, 0.2) is 54.6 Å². The minimum Gasteiger partial charge on any atom is -0.473 e. The number of urea groups is 1. The highest BCUT2D eigenvalue weighted by Gasteiger charge is 2.00. The monoisotopic (exact) mass is 340 g/mol. The Kier molecular flexibility index (Phi) is 8.39. The minimum atomic E-state index is -0.192. The first kappa shape index (κ1) is 18.8. The van der Waals surface area contributed by atoms with E-state index in [1.807, 2.05) is 18.2 Å². The summed E-state index contributed by atoms with van der Waals surface area (Å²) in [5.41, 5.74) is 2.64. The van der Waals surface area contributed by atoms with E-state index in [-0.39, 0.29) is 12.8 Å². The molecule has 25 heavy (non-hydrogen) atoms. The molecule has 0 unspecified atom stereocenters. The van der Waals surface area contributed by atoms with Crippen molar-refractivity contribution in [2.24, 2.45) is 0 Å². The highest BCUT2D eigenvalue weighted by Crippen LogP contribution is 2.12. The summed E-state index contributed by atoms with van der Waals surface area (Å²) in [7, 11) is 0. The van der Waals surface area contributed by atoms with Gasteiger partial charge in [-0.2, -0.15) is 0 Å². The van der Waals surface area contributed by atoms with Gasteiger partial charge in [0, 0.05) is 6.54 Å². The standard InChI is InChI=1S/C21H28N2O2/c1-2-8-18-12-14-20(15-13-18)25-17-23-21(24)22-16-7-6-11-19-9-4-3-5-10-19/h3-5,9-10,12-15H,2,6-8,11,16-17H2,1H3,(H2,22,23,24). The summed E-state index contributed by atoms with van der Waals surface area (Å²) in [6.07, 6.45) is 5.27. The lowest BCUT2D eigenvalue weighted by atomic mass is 10.1. The maximum absolute atomic E-state index is 11.7. The molecule has 0 heterocycles. The van der Waals surface area contributed by atoms with Crippen LogP contribution in [-0.4, -0.2) is 19.3 Å². The number of hydrogen-bond acceptors (Lipinski definition) is 2. The number of carbonyl (C=O) groups is 1. The maximum Gasteiger partial charge on any atom is 0.317 e. The van der Waals surface area contributed by atoms with Crippen molar-refractivity contribution in [1.29, 1.82) is 0 Å². The topological polar surface area (TPSA) is 50.4 Å². The molecule has 2 aromatic rings. The van der Waals surface area contributed by atoms with E-state index >= 15 is 0 Å². The second-order valence-corrected chi connectivity index (χ2v) is 6.06. The predicted octanol–water partition coefficient (Wildman–Crippen LogP) is 4.30. The van der Waals surface area contributed by atoms with Gasteiger partial charge in [-0.15, -0.1) is 0 Å². The van der Waals surface area contributed by atoms with Crippen LogP contribution in [0.2, 0.25) is 0 Å². The lowest BCUT2D eigenvalue weighted by Crippen LogP contribution is -2.38. The lowest BCUT2D eigenvalue weighted by Gasteiger charge is -2.10. The number of hydrogen-bond donors (Lipinski definition) is 2. The number of rotatable bonds is 10. The molecule has 2 aromatic carbocycles. The molecule has 0 aliphatic heterocycles. The van der Waals surface area contributed by atoms with Crippen molar-refractivity contribution in [3.8, 4) is 5.75 Å². The Labute approximate surface area is 150 Å². The van der Waals surface area contributed by atoms with Gasteiger partial charge in [0.1, 0.15) is 5.75 Å². The summed E-state index contributed by atoms with van der Waals surface area (Å²) in [5, 5.41) is 5.56. The molecule has 0 fully saturated rings. The fourth-order valence-corrected chi connectivity index (χ4v) is 2.59. The summed E-state index contributed by atoms with van der Waals surface area (Å²) >= 11 is 0. The first-order valence-electron chi connectivity index (χ1n) is 9.05. The second-order valence-electron chi connectivity index (χ2n) is 6.06. The molecule has 4 nitrogen and oxygen atoms in total. The molecule has 2 N–H and O–H groups in total. The van der Waals surface area contributed by atoms with Gasteiger partial charge in [-0.1, -0.05) is 55.8 Å². The largest absolute Gasteiger partial charge is 0.473 e. The van der Waals surface area contributed by atoms with Crippen LogP contribution in [0.25, 0.3) is 0 Å². The van der Waals surface area contributed by atoms with Crippen LogP contribution in [-0.2, 0) is 12.8 Å². The fraction of sp³-hybridized carbons (Fsp3) is 0.381. The molecular formula is C21H28N2O2. The molecule has 0 aliphatic carbocycles. The van der Waals surface area contributed by atoms with Crippen LogP contribution in [0.5, 0.6) is 5.75 Å². The Balaban J connectivity index is 1.52. The molecule has 0 bridgehead atoms. The second kappa shape index (κ2) is 11.1. The average Bonchev–Trinajstić information content (AvgIpc) is 2.64. The molecule has 4 heteroatoms. The van der Waals surface area contributed by atoms with Crippen LogP contribution >= 0.6 is 0 Å². The summed E-state index contributed by atoms with van der Waals surface area (Å²) < 4.78 is 5.52. The van der Waals surface area contributed by atoms with Gasteiger partial charge in [-0.3, -0.25) is 0 Å². The van der Waals surface area contributed by atoms with Gasteiger partial charge in [0.05, 0.1) is 0 Å². The maximum atomic E-state index is 11.7. The van der Waals surface area contributed by atoms with Crippen molar-refractivity contribution in [3.05, 3.63) is 65.7 Å². The van der Waals surface area contributed by atoms with Gasteiger partial charge in [-0.05, 0) is 48.9 Å². The SMILES string of the molecule is CCCc1ccc(OCNC(=O)NCCCCc2ccccc2)cc1. The smallest absolute Gasteiger partial charge is 0.317 e. The van der Waals surface area contributed by atoms with Crippen LogP contribution < -0.4 is 15.4 Å². The Morgan fingerprint density at radius 3 is 2.32 bits per heavy atom. The van der Waals surface area contributed by atoms with Crippen molar-refractivity contribution in [3.63, 3.8) is 0 Å². The molecule has 0 saturated carbocycles. The molecule has 0 aliphatic rings. The van der Waals surface area contributed by atoms with E-state index in [0.717, 1.165) is 37.9 Å². The molecule has 0 atom stereocenters. The number of carbonyl (C=O) groups excluding carboxylic acids is 1. The highest BCUT2D eigenvalue weighted by atomic mass is 16.5. The van der Waals surface area contributed by atoms with Crippen molar-refractivity contribution in [1.82, 2.24) is 10.6 Å². The van der Waals surface area contributed by atoms with Crippen LogP contribution in [0, 0.1) is 0 Å². The van der Waals surface area contributed by atoms with Crippen LogP contribution in [0.1, 0.15) is 37.3 Å². The van der Waals surface area contributed by atoms with E-state index in [4.69, 9.17) is 4.74 Å². The first-order chi connectivity index (χ1) is 12.3. The summed E-state index contributed by atoms with van der Waals surface area (Å²) in [4.78, 5) is 11.7. The predicted molar refractivity (Wildman–Crippen MR) is 102 cm³/mol. The Bertz CT molecular complexity index is 612. The normalized spacial score (nSPS) is 10.3. The third-order valence-corrected chi connectivity index (χ3v) is 3.95. The third-order valence-electron chi connectivity index (χ3n) is 3.95. The zero-order valence-electron chi connectivity index (χ0n) is 15.0. The van der Waals surface area contributed by atoms with Crippen molar-refractivity contribution < 1.29 is 9.53 Å². The summed E-state index contributed by atoms with van der Waals surface area (Å²) in [5.74, 6) is 0.767. The number of aryl methyl sites for hydroxylation is 2. The van der Waals surface area contributed by atoms with E-state index in [1.54, 1.807) is 0 Å². The van der Waals surface area contributed by atoms with E-state index in [9.17, 15) is 4.79 Å². The van der Waals surface area contributed by atoms with Crippen LogP contribution in [0.3, 0.4) is 0 Å². The quantitative estimate of drug-likeness (QED) is 0.500. The van der Waals surface area contributed by atoms with Crippen LogP contribution in [0.4, 0.5) is 4.79 Å². The van der Waals surface area contributed by atoms with Crippen molar-refractivity contribution >= 4 is 6.03 Å². The van der Waals surface area contributed by atoms with E-state index in [0.29, 0.717) is 6.54 Å². The van der Waals surface area contributed by atoms with Gasteiger partial charge in [0.15, 0.2) is 6.73 Å². The summed E-state index contributed by atoms with van der Waals surface area (Å²) in [6, 6.07) is 18.2. The Morgan fingerprint density at radius 1 is 0.880 bits per heavy atom. The molecule has 0 aromatic heterocycles. The molecule has 0 spiro atoms. The number of ether oxygens (including phenoxy) is 1. The molecule has 0 radical (unpaired) electrons. The van der Waals surface area contributed by atoms with Gasteiger partial charge in [-0.25, -0.2) is 4.79 Å². The number of benzene rings is 2. The molecule has 0 saturated heterocycles. The van der Waals surface area contributed by atoms with Gasteiger partial charge >= 0.3 is 6.03 Å². The fourth-order valence-electron chi connectivity index (χ4n) is 2.59. The average molecular weight is 340 g/mol. The lowest BCUT2D eigenvalue weighted by molar-refractivity contribution is 0.224. The third kappa shape index (κ3) is 7.75. The summed E-state index contributed by atoms with van der Waals surface area (Å²) in [6.45, 7) is 3.00. The van der Waals surface area contributed by atoms with E-state index in [2.05, 4.69) is 54.0 Å². The molecule has 2 rings (SSSR count). The molecular weight excluding hydrogens is 312 g/mol. The van der Waals surface area contributed by atoms with E-state index < -0.39 is 0 Å². The van der Waals surface area contributed by atoms with Crippen molar-refractivity contribution in [2.75, 3.05) is 13.3 Å². The van der Waals surface area contributed by atoms with Gasteiger partial charge in [0.25, 0.3) is 0 Å². The van der Waals surface area contributed by atoms with Gasteiger partial charge in [0.2, 0.25) is 0 Å². The molecule has 2 amide bonds. The number of amides is 2. The highest BCUT2D eigenvalue weighted by molar-refractivity contribution is 5.73. The minimum absolute atomic E-state index is 0.170. The number of unbranched alkanes of at least 4 members (excludes halogenated alkanes) is 1. The first-order valence-corrected chi connectivity index (χ1v) is 9.05. The number of nitrogens with one attached hydrogen (secondary N) is 2. The Morgan fingerprint density at radius 2 is 1.60 bits per heavy atom. The van der Waals surface area contributed by atoms with E-state index in [1.165, 1.54) is 11.1 Å².